The quantitative estimate of drug-likeness (QED) is 0.234. The number of nitrogens with zero attached hydrogens (tertiary/aromatic N) is 6. The van der Waals surface area contributed by atoms with Crippen molar-refractivity contribution in [2.75, 3.05) is 12.3 Å². The Morgan fingerprint density at radius 3 is 2.69 bits per heavy atom. The lowest BCUT2D eigenvalue weighted by Gasteiger charge is -2.15. The number of nitrogen functional groups attached to an aromatic ring is 1. The number of amides is 1. The summed E-state index contributed by atoms with van der Waals surface area (Å²) in [5.74, 6) is 0.562. The summed E-state index contributed by atoms with van der Waals surface area (Å²) >= 11 is 3.55. The van der Waals surface area contributed by atoms with Gasteiger partial charge in [-0.2, -0.15) is 9.78 Å². The molecule has 0 radical (unpaired) electrons. The zero-order valence-electron chi connectivity index (χ0n) is 19.7. The second-order valence-corrected chi connectivity index (χ2v) is 8.50. The van der Waals surface area contributed by atoms with E-state index in [1.807, 2.05) is 44.2 Å². The third-order valence-corrected chi connectivity index (χ3v) is 5.55. The second kappa shape index (κ2) is 11.0. The number of aryl methyl sites for hydroxylation is 2. The van der Waals surface area contributed by atoms with Gasteiger partial charge in [0.2, 0.25) is 11.6 Å². The normalized spacial score (nSPS) is 11.1. The smallest absolute Gasteiger partial charge is 0.292 e. The van der Waals surface area contributed by atoms with Gasteiger partial charge in [0.25, 0.3) is 5.91 Å². The first kappa shape index (κ1) is 24.9. The summed E-state index contributed by atoms with van der Waals surface area (Å²) < 4.78 is 18.2. The number of nitrogens with two attached hydrogens (primary N) is 1. The summed E-state index contributed by atoms with van der Waals surface area (Å²) in [6.07, 6.45) is 1.48. The molecule has 0 aliphatic carbocycles. The number of halogens is 1. The number of carbonyl (C=O) groups is 1. The molecule has 0 saturated carbocycles. The number of nitrogens with one attached hydrogen (secondary N) is 1. The average molecular weight is 555 g/mol. The molecule has 3 N–H and O–H groups in total. The molecular formula is C23H23BrN8O4. The Morgan fingerprint density at radius 1 is 1.22 bits per heavy atom. The fourth-order valence-electron chi connectivity index (χ4n) is 3.23. The van der Waals surface area contributed by atoms with Crippen molar-refractivity contribution < 1.29 is 18.9 Å². The summed E-state index contributed by atoms with van der Waals surface area (Å²) in [5, 5.41) is 19.0. The number of aromatic nitrogens is 5. The fourth-order valence-corrected chi connectivity index (χ4v) is 3.80. The Morgan fingerprint density at radius 2 is 2.00 bits per heavy atom. The highest BCUT2D eigenvalue weighted by atomic mass is 79.9. The largest absolute Gasteiger partial charge is 0.490 e. The van der Waals surface area contributed by atoms with E-state index in [0.29, 0.717) is 40.4 Å². The van der Waals surface area contributed by atoms with Gasteiger partial charge >= 0.3 is 0 Å². The molecule has 0 aliphatic rings. The Labute approximate surface area is 214 Å². The van der Waals surface area contributed by atoms with Gasteiger partial charge in [-0.3, -0.25) is 4.79 Å². The van der Waals surface area contributed by atoms with E-state index in [1.54, 1.807) is 13.0 Å². The molecule has 36 heavy (non-hydrogen) atoms. The maximum Gasteiger partial charge on any atom is 0.292 e. The number of hydrazone groups is 1. The molecule has 0 bridgehead atoms. The predicted octanol–water partition coefficient (Wildman–Crippen LogP) is 3.35. The van der Waals surface area contributed by atoms with Crippen molar-refractivity contribution in [1.29, 1.82) is 0 Å². The molecule has 1 amide bonds. The number of ether oxygens (including phenoxy) is 2. The first-order valence-corrected chi connectivity index (χ1v) is 11.7. The number of carbonyl (C=O) groups excluding carboxylic acids is 1. The van der Waals surface area contributed by atoms with Gasteiger partial charge in [-0.15, -0.1) is 5.10 Å². The summed E-state index contributed by atoms with van der Waals surface area (Å²) in [6, 6.07) is 11.7. The van der Waals surface area contributed by atoms with Crippen LogP contribution in [-0.2, 0) is 6.61 Å². The van der Waals surface area contributed by atoms with Gasteiger partial charge in [0.05, 0.1) is 23.0 Å². The predicted molar refractivity (Wildman–Crippen MR) is 134 cm³/mol. The number of hydrogen-bond acceptors (Lipinski definition) is 10. The number of rotatable bonds is 9. The molecule has 2 aromatic heterocycles. The molecule has 0 atom stereocenters. The van der Waals surface area contributed by atoms with Crippen LogP contribution in [0.2, 0.25) is 0 Å². The Balaban J connectivity index is 1.49. The number of hydrogen-bond donors (Lipinski definition) is 2. The van der Waals surface area contributed by atoms with Crippen LogP contribution in [0, 0.1) is 13.8 Å². The summed E-state index contributed by atoms with van der Waals surface area (Å²) in [7, 11) is 0. The first-order chi connectivity index (χ1) is 17.4. The molecule has 0 saturated heterocycles. The van der Waals surface area contributed by atoms with E-state index in [-0.39, 0.29) is 17.3 Å². The SMILES string of the molecule is CCOc1cc(/C=N/NC(=O)c2c(C)nnn2-c2nonc2N)cc(Br)c1OCc1ccc(C)cc1. The van der Waals surface area contributed by atoms with Crippen molar-refractivity contribution in [2.45, 2.75) is 27.4 Å². The topological polar surface area (TPSA) is 156 Å². The molecular weight excluding hydrogens is 532 g/mol. The average Bonchev–Trinajstić information content (AvgIpc) is 3.44. The van der Waals surface area contributed by atoms with Crippen LogP contribution < -0.4 is 20.6 Å². The monoisotopic (exact) mass is 554 g/mol. The van der Waals surface area contributed by atoms with Crippen LogP contribution in [0.5, 0.6) is 11.5 Å². The number of anilines is 1. The van der Waals surface area contributed by atoms with Crippen LogP contribution >= 0.6 is 15.9 Å². The van der Waals surface area contributed by atoms with Gasteiger partial charge in [-0.05, 0) is 70.3 Å². The van der Waals surface area contributed by atoms with E-state index >= 15 is 0 Å². The second-order valence-electron chi connectivity index (χ2n) is 7.64. The van der Waals surface area contributed by atoms with Crippen LogP contribution in [0.25, 0.3) is 5.82 Å². The highest BCUT2D eigenvalue weighted by Gasteiger charge is 2.22. The molecule has 0 unspecified atom stereocenters. The third kappa shape index (κ3) is 5.51. The minimum Gasteiger partial charge on any atom is -0.490 e. The molecule has 0 fully saturated rings. The first-order valence-electron chi connectivity index (χ1n) is 10.9. The standard InChI is InChI=1S/C23H23BrN8O4/c1-4-34-18-10-16(9-17(24)20(18)35-12-15-7-5-13(2)6-8-15)11-26-28-23(33)19-14(3)27-31-32(19)22-21(25)29-36-30-22/h5-11H,4,12H2,1-3H3,(H2,25,29)(H,28,33)/b26-11+. The minimum atomic E-state index is -0.571. The molecule has 2 heterocycles. The molecule has 2 aromatic carbocycles. The van der Waals surface area contributed by atoms with Crippen LogP contribution in [-0.4, -0.2) is 44.0 Å². The lowest BCUT2D eigenvalue weighted by atomic mass is 10.2. The van der Waals surface area contributed by atoms with Crippen molar-refractivity contribution >= 4 is 33.9 Å². The third-order valence-electron chi connectivity index (χ3n) is 4.97. The number of benzene rings is 2. The van der Waals surface area contributed by atoms with E-state index in [0.717, 1.165) is 10.2 Å². The maximum absolute atomic E-state index is 12.8. The molecule has 0 spiro atoms. The highest BCUT2D eigenvalue weighted by Crippen LogP contribution is 2.37. The maximum atomic E-state index is 12.8. The van der Waals surface area contributed by atoms with E-state index in [1.165, 1.54) is 11.8 Å². The lowest BCUT2D eigenvalue weighted by Crippen LogP contribution is -2.22. The van der Waals surface area contributed by atoms with Gasteiger partial charge in [0.1, 0.15) is 6.61 Å². The molecule has 4 rings (SSSR count). The van der Waals surface area contributed by atoms with Gasteiger partial charge in [-0.1, -0.05) is 35.0 Å². The summed E-state index contributed by atoms with van der Waals surface area (Å²) in [4.78, 5) is 12.8. The van der Waals surface area contributed by atoms with E-state index in [2.05, 4.69) is 51.7 Å². The molecule has 13 heteroatoms. The Bertz CT molecular complexity index is 1400. The van der Waals surface area contributed by atoms with Crippen molar-refractivity contribution in [3.63, 3.8) is 0 Å². The highest BCUT2D eigenvalue weighted by molar-refractivity contribution is 9.10. The zero-order valence-corrected chi connectivity index (χ0v) is 21.3. The van der Waals surface area contributed by atoms with E-state index in [4.69, 9.17) is 15.2 Å². The molecule has 186 valence electrons. The zero-order chi connectivity index (χ0) is 25.7. The van der Waals surface area contributed by atoms with Gasteiger partial charge in [-0.25, -0.2) is 10.1 Å². The van der Waals surface area contributed by atoms with Crippen molar-refractivity contribution in [1.82, 2.24) is 30.7 Å². The van der Waals surface area contributed by atoms with Crippen LogP contribution in [0.3, 0.4) is 0 Å². The van der Waals surface area contributed by atoms with Crippen molar-refractivity contribution in [3.8, 4) is 17.3 Å². The molecule has 0 aliphatic heterocycles. The van der Waals surface area contributed by atoms with E-state index < -0.39 is 5.91 Å². The Kier molecular flexibility index (Phi) is 7.59. The Hall–Kier alpha value is -4.26. The van der Waals surface area contributed by atoms with Crippen LogP contribution in [0.4, 0.5) is 5.82 Å². The van der Waals surface area contributed by atoms with E-state index in [9.17, 15) is 4.79 Å². The minimum absolute atomic E-state index is 0.0320. The van der Waals surface area contributed by atoms with Crippen LogP contribution in [0.15, 0.2) is 50.6 Å². The molecule has 4 aromatic rings. The van der Waals surface area contributed by atoms with Crippen molar-refractivity contribution in [3.05, 3.63) is 68.9 Å². The molecule has 12 nitrogen and oxygen atoms in total. The van der Waals surface area contributed by atoms with Gasteiger partial charge < -0.3 is 15.2 Å². The van der Waals surface area contributed by atoms with Crippen molar-refractivity contribution in [2.24, 2.45) is 5.10 Å². The fraction of sp³-hybridized carbons (Fsp3) is 0.217. The van der Waals surface area contributed by atoms with Gasteiger partial charge in [0.15, 0.2) is 17.2 Å². The lowest BCUT2D eigenvalue weighted by molar-refractivity contribution is 0.0946. The van der Waals surface area contributed by atoms with Gasteiger partial charge in [0, 0.05) is 0 Å². The summed E-state index contributed by atoms with van der Waals surface area (Å²) in [6.45, 7) is 6.37. The summed E-state index contributed by atoms with van der Waals surface area (Å²) in [5.41, 5.74) is 11.5. The van der Waals surface area contributed by atoms with Crippen LogP contribution in [0.1, 0.15) is 39.8 Å².